The van der Waals surface area contributed by atoms with Crippen molar-refractivity contribution >= 4 is 23.2 Å². The lowest BCUT2D eigenvalue weighted by Gasteiger charge is -2.16. The Balaban J connectivity index is 1.73. The summed E-state index contributed by atoms with van der Waals surface area (Å²) in [6.45, 7) is 3.27. The maximum Gasteiger partial charge on any atom is 0.335 e. The summed E-state index contributed by atoms with van der Waals surface area (Å²) in [6, 6.07) is 7.06. The SMILES string of the molecule is CCCc1nc(C(=O)N2CC[C@H](c3ccccc3C(=O)O)C2)cs1. The molecule has 1 atom stereocenters. The molecule has 1 aromatic carbocycles. The molecule has 1 amide bonds. The zero-order chi connectivity index (χ0) is 17.1. The van der Waals surface area contributed by atoms with Gasteiger partial charge in [0.25, 0.3) is 5.91 Å². The van der Waals surface area contributed by atoms with Crippen LogP contribution in [0.4, 0.5) is 0 Å². The number of aromatic carboxylic acids is 1. The van der Waals surface area contributed by atoms with Crippen molar-refractivity contribution in [3.05, 3.63) is 51.5 Å². The minimum Gasteiger partial charge on any atom is -0.478 e. The van der Waals surface area contributed by atoms with Crippen LogP contribution in [0.3, 0.4) is 0 Å². The van der Waals surface area contributed by atoms with Crippen molar-refractivity contribution in [2.24, 2.45) is 0 Å². The molecule has 2 heterocycles. The molecule has 0 radical (unpaired) electrons. The predicted octanol–water partition coefficient (Wildman–Crippen LogP) is 3.42. The highest BCUT2D eigenvalue weighted by atomic mass is 32.1. The number of likely N-dealkylation sites (tertiary alicyclic amines) is 1. The number of amides is 1. The van der Waals surface area contributed by atoms with Crippen LogP contribution in [0.5, 0.6) is 0 Å². The number of carbonyl (C=O) groups is 2. The summed E-state index contributed by atoms with van der Waals surface area (Å²) in [4.78, 5) is 30.2. The Kier molecular flexibility index (Phi) is 4.94. The van der Waals surface area contributed by atoms with Gasteiger partial charge in [0.05, 0.1) is 10.6 Å². The lowest BCUT2D eigenvalue weighted by Crippen LogP contribution is -2.28. The number of carboxylic acids is 1. The molecular weight excluding hydrogens is 324 g/mol. The van der Waals surface area contributed by atoms with Crippen molar-refractivity contribution in [1.29, 1.82) is 0 Å². The number of hydrogen-bond acceptors (Lipinski definition) is 4. The number of aromatic nitrogens is 1. The number of rotatable bonds is 5. The van der Waals surface area contributed by atoms with E-state index in [1.807, 2.05) is 17.5 Å². The third-order valence-electron chi connectivity index (χ3n) is 4.34. The van der Waals surface area contributed by atoms with Crippen molar-refractivity contribution in [2.45, 2.75) is 32.1 Å². The highest BCUT2D eigenvalue weighted by Crippen LogP contribution is 2.30. The first-order chi connectivity index (χ1) is 11.6. The summed E-state index contributed by atoms with van der Waals surface area (Å²) in [5.41, 5.74) is 1.65. The predicted molar refractivity (Wildman–Crippen MR) is 92.8 cm³/mol. The Morgan fingerprint density at radius 1 is 1.38 bits per heavy atom. The third-order valence-corrected chi connectivity index (χ3v) is 5.25. The molecule has 6 heteroatoms. The lowest BCUT2D eigenvalue weighted by atomic mass is 9.93. The van der Waals surface area contributed by atoms with E-state index < -0.39 is 5.97 Å². The molecule has 1 saturated heterocycles. The van der Waals surface area contributed by atoms with Crippen molar-refractivity contribution in [3.8, 4) is 0 Å². The second-order valence-corrected chi connectivity index (χ2v) is 6.95. The van der Waals surface area contributed by atoms with Gasteiger partial charge in [0.2, 0.25) is 0 Å². The molecule has 0 aliphatic carbocycles. The number of benzene rings is 1. The van der Waals surface area contributed by atoms with Crippen LogP contribution >= 0.6 is 11.3 Å². The van der Waals surface area contributed by atoms with E-state index in [1.165, 1.54) is 11.3 Å². The summed E-state index contributed by atoms with van der Waals surface area (Å²) in [5.74, 6) is -0.905. The van der Waals surface area contributed by atoms with E-state index in [9.17, 15) is 14.7 Å². The summed E-state index contributed by atoms with van der Waals surface area (Å²) in [5, 5.41) is 12.2. The van der Waals surface area contributed by atoms with Gasteiger partial charge in [-0.15, -0.1) is 11.3 Å². The Morgan fingerprint density at radius 2 is 2.17 bits per heavy atom. The molecule has 0 saturated carbocycles. The Labute approximate surface area is 145 Å². The first-order valence-corrected chi connectivity index (χ1v) is 9.04. The van der Waals surface area contributed by atoms with Crippen LogP contribution in [0.1, 0.15) is 57.1 Å². The quantitative estimate of drug-likeness (QED) is 0.902. The first kappa shape index (κ1) is 16.6. The molecule has 1 N–H and O–H groups in total. The second kappa shape index (κ2) is 7.13. The average molecular weight is 344 g/mol. The number of hydrogen-bond donors (Lipinski definition) is 1. The summed E-state index contributed by atoms with van der Waals surface area (Å²) < 4.78 is 0. The Bertz CT molecular complexity index is 756. The average Bonchev–Trinajstić information content (AvgIpc) is 3.24. The second-order valence-electron chi connectivity index (χ2n) is 6.01. The topological polar surface area (TPSA) is 70.5 Å². The number of carbonyl (C=O) groups excluding carboxylic acids is 1. The number of carboxylic acid groups (broad SMARTS) is 1. The molecule has 1 fully saturated rings. The van der Waals surface area contributed by atoms with Crippen LogP contribution in [-0.4, -0.2) is 40.0 Å². The third kappa shape index (κ3) is 3.33. The Morgan fingerprint density at radius 3 is 2.92 bits per heavy atom. The van der Waals surface area contributed by atoms with Gasteiger partial charge in [0.15, 0.2) is 0 Å². The van der Waals surface area contributed by atoms with Crippen LogP contribution in [0.2, 0.25) is 0 Å². The smallest absolute Gasteiger partial charge is 0.335 e. The van der Waals surface area contributed by atoms with Gasteiger partial charge >= 0.3 is 5.97 Å². The molecule has 1 aromatic heterocycles. The zero-order valence-electron chi connectivity index (χ0n) is 13.6. The molecule has 2 aromatic rings. The van der Waals surface area contributed by atoms with Gasteiger partial charge < -0.3 is 10.0 Å². The van der Waals surface area contributed by atoms with Crippen molar-refractivity contribution in [1.82, 2.24) is 9.88 Å². The van der Waals surface area contributed by atoms with Crippen molar-refractivity contribution in [3.63, 3.8) is 0 Å². The maximum atomic E-state index is 12.6. The molecule has 126 valence electrons. The lowest BCUT2D eigenvalue weighted by molar-refractivity contribution is 0.0695. The fourth-order valence-electron chi connectivity index (χ4n) is 3.15. The molecule has 0 bridgehead atoms. The van der Waals surface area contributed by atoms with E-state index in [0.717, 1.165) is 29.8 Å². The molecule has 1 aliphatic rings. The van der Waals surface area contributed by atoms with Crippen molar-refractivity contribution in [2.75, 3.05) is 13.1 Å². The van der Waals surface area contributed by atoms with E-state index in [-0.39, 0.29) is 11.8 Å². The molecule has 3 rings (SSSR count). The van der Waals surface area contributed by atoms with Gasteiger partial charge in [-0.2, -0.15) is 0 Å². The maximum absolute atomic E-state index is 12.6. The van der Waals surface area contributed by atoms with Gasteiger partial charge in [-0.1, -0.05) is 25.1 Å². The van der Waals surface area contributed by atoms with E-state index in [2.05, 4.69) is 11.9 Å². The summed E-state index contributed by atoms with van der Waals surface area (Å²) in [7, 11) is 0. The van der Waals surface area contributed by atoms with Gasteiger partial charge in [-0.05, 0) is 30.9 Å². The molecule has 1 aliphatic heterocycles. The van der Waals surface area contributed by atoms with E-state index in [0.29, 0.717) is 24.3 Å². The fourth-order valence-corrected chi connectivity index (χ4v) is 4.02. The van der Waals surface area contributed by atoms with Crippen LogP contribution < -0.4 is 0 Å². The van der Waals surface area contributed by atoms with E-state index in [4.69, 9.17) is 0 Å². The van der Waals surface area contributed by atoms with Crippen LogP contribution in [0.15, 0.2) is 29.6 Å². The van der Waals surface area contributed by atoms with Crippen LogP contribution in [-0.2, 0) is 6.42 Å². The van der Waals surface area contributed by atoms with Crippen LogP contribution in [0, 0.1) is 0 Å². The number of aryl methyl sites for hydroxylation is 1. The number of nitrogens with zero attached hydrogens (tertiary/aromatic N) is 2. The normalized spacial score (nSPS) is 17.2. The Hall–Kier alpha value is -2.21. The summed E-state index contributed by atoms with van der Waals surface area (Å²) >= 11 is 1.53. The van der Waals surface area contributed by atoms with Gasteiger partial charge in [-0.3, -0.25) is 4.79 Å². The fraction of sp³-hybridized carbons (Fsp3) is 0.389. The highest BCUT2D eigenvalue weighted by Gasteiger charge is 2.31. The summed E-state index contributed by atoms with van der Waals surface area (Å²) in [6.07, 6.45) is 2.69. The zero-order valence-corrected chi connectivity index (χ0v) is 14.4. The largest absolute Gasteiger partial charge is 0.478 e. The standard InChI is InChI=1S/C18H20N2O3S/c1-2-5-16-19-15(11-24-16)17(21)20-9-8-12(10-20)13-6-3-4-7-14(13)18(22)23/h3-4,6-7,11-12H,2,5,8-10H2,1H3,(H,22,23)/t12-/m0/s1. The minimum atomic E-state index is -0.918. The molecule has 5 nitrogen and oxygen atoms in total. The van der Waals surface area contributed by atoms with Gasteiger partial charge in [0, 0.05) is 24.4 Å². The molecular formula is C18H20N2O3S. The monoisotopic (exact) mass is 344 g/mol. The molecule has 0 unspecified atom stereocenters. The van der Waals surface area contributed by atoms with E-state index in [1.54, 1.807) is 17.0 Å². The first-order valence-electron chi connectivity index (χ1n) is 8.16. The number of thiazole rings is 1. The van der Waals surface area contributed by atoms with E-state index >= 15 is 0 Å². The molecule has 0 spiro atoms. The van der Waals surface area contributed by atoms with Gasteiger partial charge in [0.1, 0.15) is 5.69 Å². The van der Waals surface area contributed by atoms with Crippen LogP contribution in [0.25, 0.3) is 0 Å². The molecule has 24 heavy (non-hydrogen) atoms. The van der Waals surface area contributed by atoms with Crippen molar-refractivity contribution < 1.29 is 14.7 Å². The minimum absolute atomic E-state index is 0.0519. The highest BCUT2D eigenvalue weighted by molar-refractivity contribution is 7.09. The van der Waals surface area contributed by atoms with Gasteiger partial charge in [-0.25, -0.2) is 9.78 Å².